The maximum Gasteiger partial charge on any atom is 0.321 e. The second kappa shape index (κ2) is 4.57. The Morgan fingerprint density at radius 3 is 2.65 bits per heavy atom. The zero-order chi connectivity index (χ0) is 12.6. The third kappa shape index (κ3) is 2.63. The minimum atomic E-state index is -2.97. The number of likely N-dealkylation sites (tertiary alicyclic amines) is 1. The third-order valence-electron chi connectivity index (χ3n) is 3.90. The van der Waals surface area contributed by atoms with Gasteiger partial charge in [-0.3, -0.25) is 9.69 Å². The number of carbonyl (C=O) groups is 1. The van der Waals surface area contributed by atoms with Gasteiger partial charge in [-0.05, 0) is 31.7 Å². The Bertz CT molecular complexity index is 406. The molecule has 0 saturated carbocycles. The van der Waals surface area contributed by atoms with E-state index in [2.05, 4.69) is 0 Å². The first-order valence-corrected chi connectivity index (χ1v) is 7.92. The highest BCUT2D eigenvalue weighted by Crippen LogP contribution is 2.30. The quantitative estimate of drug-likeness (QED) is 0.777. The number of sulfone groups is 1. The SMILES string of the molecule is CC1CCN(C2CCCS(=O)(=O)C2)C1C(=O)O. The Balaban J connectivity index is 2.14. The van der Waals surface area contributed by atoms with Crippen LogP contribution in [0.3, 0.4) is 0 Å². The molecule has 98 valence electrons. The van der Waals surface area contributed by atoms with E-state index in [1.54, 1.807) is 0 Å². The molecule has 0 aromatic rings. The number of carboxylic acids is 1. The van der Waals surface area contributed by atoms with Crippen molar-refractivity contribution in [2.45, 2.75) is 38.3 Å². The van der Waals surface area contributed by atoms with Gasteiger partial charge >= 0.3 is 5.97 Å². The first kappa shape index (κ1) is 12.8. The van der Waals surface area contributed by atoms with Gasteiger partial charge in [0.1, 0.15) is 6.04 Å². The second-order valence-corrected chi connectivity index (χ2v) is 7.43. The van der Waals surface area contributed by atoms with Gasteiger partial charge in [-0.1, -0.05) is 6.92 Å². The molecule has 2 heterocycles. The summed E-state index contributed by atoms with van der Waals surface area (Å²) in [4.78, 5) is 13.1. The number of hydrogen-bond donors (Lipinski definition) is 1. The van der Waals surface area contributed by atoms with Crippen molar-refractivity contribution >= 4 is 15.8 Å². The van der Waals surface area contributed by atoms with Gasteiger partial charge in [-0.25, -0.2) is 8.42 Å². The zero-order valence-corrected chi connectivity index (χ0v) is 10.8. The Hall–Kier alpha value is -0.620. The fraction of sp³-hybridized carbons (Fsp3) is 0.909. The van der Waals surface area contributed by atoms with Gasteiger partial charge in [0, 0.05) is 6.04 Å². The lowest BCUT2D eigenvalue weighted by atomic mass is 10.0. The van der Waals surface area contributed by atoms with Crippen LogP contribution in [0.4, 0.5) is 0 Å². The summed E-state index contributed by atoms with van der Waals surface area (Å²) < 4.78 is 23.2. The fourth-order valence-corrected chi connectivity index (χ4v) is 4.75. The van der Waals surface area contributed by atoms with Crippen molar-refractivity contribution in [3.8, 4) is 0 Å². The fourth-order valence-electron chi connectivity index (χ4n) is 3.03. The number of nitrogens with zero attached hydrogens (tertiary/aromatic N) is 1. The van der Waals surface area contributed by atoms with Crippen molar-refractivity contribution in [2.24, 2.45) is 5.92 Å². The highest BCUT2D eigenvalue weighted by atomic mass is 32.2. The molecule has 0 radical (unpaired) electrons. The van der Waals surface area contributed by atoms with Gasteiger partial charge in [0.2, 0.25) is 0 Å². The molecule has 3 atom stereocenters. The predicted molar refractivity (Wildman–Crippen MR) is 63.6 cm³/mol. The minimum absolute atomic E-state index is 0.0974. The summed E-state index contributed by atoms with van der Waals surface area (Å²) in [7, 11) is -2.97. The average molecular weight is 261 g/mol. The molecule has 17 heavy (non-hydrogen) atoms. The molecule has 6 heteroatoms. The molecule has 1 N–H and O–H groups in total. The molecule has 2 aliphatic heterocycles. The molecule has 0 bridgehead atoms. The zero-order valence-electron chi connectivity index (χ0n) is 10.0. The largest absolute Gasteiger partial charge is 0.480 e. The van der Waals surface area contributed by atoms with Crippen LogP contribution in [0.5, 0.6) is 0 Å². The molecule has 2 aliphatic rings. The second-order valence-electron chi connectivity index (χ2n) is 5.20. The van der Waals surface area contributed by atoms with E-state index in [4.69, 9.17) is 0 Å². The van der Waals surface area contributed by atoms with Gasteiger partial charge < -0.3 is 5.11 Å². The van der Waals surface area contributed by atoms with Crippen molar-refractivity contribution in [1.82, 2.24) is 4.90 Å². The number of aliphatic carboxylic acids is 1. The van der Waals surface area contributed by atoms with E-state index < -0.39 is 21.8 Å². The van der Waals surface area contributed by atoms with E-state index in [1.165, 1.54) is 0 Å². The summed E-state index contributed by atoms with van der Waals surface area (Å²) in [6.07, 6.45) is 2.30. The number of hydrogen-bond acceptors (Lipinski definition) is 4. The lowest BCUT2D eigenvalue weighted by Crippen LogP contribution is -2.49. The predicted octanol–water partition coefficient (Wildman–Crippen LogP) is 0.359. The van der Waals surface area contributed by atoms with Crippen LogP contribution in [0.15, 0.2) is 0 Å². The lowest BCUT2D eigenvalue weighted by molar-refractivity contribution is -0.144. The summed E-state index contributed by atoms with van der Waals surface area (Å²) in [6.45, 7) is 2.63. The Kier molecular flexibility index (Phi) is 3.45. The van der Waals surface area contributed by atoms with Gasteiger partial charge in [0.25, 0.3) is 0 Å². The standard InChI is InChI=1S/C11H19NO4S/c1-8-4-5-12(10(8)11(13)14)9-3-2-6-17(15,16)7-9/h8-10H,2-7H2,1H3,(H,13,14). The van der Waals surface area contributed by atoms with Gasteiger partial charge in [0.05, 0.1) is 11.5 Å². The summed E-state index contributed by atoms with van der Waals surface area (Å²) in [5.41, 5.74) is 0. The van der Waals surface area contributed by atoms with Gasteiger partial charge in [-0.15, -0.1) is 0 Å². The maximum absolute atomic E-state index is 11.6. The number of carboxylic acid groups (broad SMARTS) is 1. The van der Waals surface area contributed by atoms with Crippen molar-refractivity contribution < 1.29 is 18.3 Å². The molecular weight excluding hydrogens is 242 g/mol. The summed E-state index contributed by atoms with van der Waals surface area (Å²) in [5, 5.41) is 9.22. The molecule has 0 amide bonds. The molecule has 0 aromatic carbocycles. The van der Waals surface area contributed by atoms with Crippen LogP contribution in [0, 0.1) is 5.92 Å². The van der Waals surface area contributed by atoms with E-state index in [0.29, 0.717) is 13.0 Å². The monoisotopic (exact) mass is 261 g/mol. The smallest absolute Gasteiger partial charge is 0.321 e. The Morgan fingerprint density at radius 2 is 2.06 bits per heavy atom. The molecule has 0 aliphatic carbocycles. The molecule has 0 aromatic heterocycles. The van der Waals surface area contributed by atoms with Gasteiger partial charge in [-0.2, -0.15) is 0 Å². The maximum atomic E-state index is 11.6. The van der Waals surface area contributed by atoms with Crippen LogP contribution >= 0.6 is 0 Å². The molecule has 2 fully saturated rings. The highest BCUT2D eigenvalue weighted by Gasteiger charge is 2.42. The summed E-state index contributed by atoms with van der Waals surface area (Å²) in [5.74, 6) is -0.330. The lowest BCUT2D eigenvalue weighted by Gasteiger charge is -2.34. The Morgan fingerprint density at radius 1 is 1.35 bits per heavy atom. The van der Waals surface area contributed by atoms with E-state index in [-0.39, 0.29) is 23.5 Å². The summed E-state index contributed by atoms with van der Waals surface area (Å²) in [6, 6.07) is -0.604. The molecular formula is C11H19NO4S. The van der Waals surface area contributed by atoms with Crippen molar-refractivity contribution in [2.75, 3.05) is 18.1 Å². The minimum Gasteiger partial charge on any atom is -0.480 e. The number of rotatable bonds is 2. The molecule has 3 unspecified atom stereocenters. The van der Waals surface area contributed by atoms with E-state index >= 15 is 0 Å². The van der Waals surface area contributed by atoms with E-state index in [9.17, 15) is 18.3 Å². The van der Waals surface area contributed by atoms with Crippen LogP contribution in [-0.2, 0) is 14.6 Å². The van der Waals surface area contributed by atoms with Crippen LogP contribution in [-0.4, -0.2) is 54.5 Å². The average Bonchev–Trinajstić information content (AvgIpc) is 2.58. The first-order valence-electron chi connectivity index (χ1n) is 6.10. The highest BCUT2D eigenvalue weighted by molar-refractivity contribution is 7.91. The molecule has 0 spiro atoms. The van der Waals surface area contributed by atoms with Crippen LogP contribution in [0.2, 0.25) is 0 Å². The van der Waals surface area contributed by atoms with E-state index in [0.717, 1.165) is 12.8 Å². The summed E-state index contributed by atoms with van der Waals surface area (Å²) >= 11 is 0. The van der Waals surface area contributed by atoms with Crippen LogP contribution in [0.1, 0.15) is 26.2 Å². The third-order valence-corrected chi connectivity index (χ3v) is 5.70. The topological polar surface area (TPSA) is 74.7 Å². The van der Waals surface area contributed by atoms with E-state index in [1.807, 2.05) is 11.8 Å². The van der Waals surface area contributed by atoms with Crippen LogP contribution in [0.25, 0.3) is 0 Å². The van der Waals surface area contributed by atoms with Crippen LogP contribution < -0.4 is 0 Å². The normalized spacial score (nSPS) is 38.1. The van der Waals surface area contributed by atoms with Crippen molar-refractivity contribution in [3.63, 3.8) is 0 Å². The molecule has 5 nitrogen and oxygen atoms in total. The molecule has 2 saturated heterocycles. The molecule has 2 rings (SSSR count). The Labute approximate surface area is 102 Å². The van der Waals surface area contributed by atoms with Crippen molar-refractivity contribution in [3.05, 3.63) is 0 Å². The first-order chi connectivity index (χ1) is 7.91. The van der Waals surface area contributed by atoms with Crippen molar-refractivity contribution in [1.29, 1.82) is 0 Å². The van der Waals surface area contributed by atoms with Gasteiger partial charge in [0.15, 0.2) is 9.84 Å².